The predicted molar refractivity (Wildman–Crippen MR) is 84.0 cm³/mol. The van der Waals surface area contributed by atoms with Crippen LogP contribution in [-0.4, -0.2) is 39.2 Å². The van der Waals surface area contributed by atoms with E-state index in [2.05, 4.69) is 5.32 Å². The molecule has 0 spiro atoms. The maximum absolute atomic E-state index is 12.0. The molecule has 1 rings (SSSR count). The second-order valence-electron chi connectivity index (χ2n) is 4.52. The van der Waals surface area contributed by atoms with Crippen molar-refractivity contribution in [3.8, 4) is 0 Å². The Hall–Kier alpha value is -1.66. The topological polar surface area (TPSA) is 83.5 Å². The van der Waals surface area contributed by atoms with Crippen molar-refractivity contribution in [2.45, 2.75) is 13.0 Å². The molecule has 0 saturated carbocycles. The van der Waals surface area contributed by atoms with Gasteiger partial charge in [-0.2, -0.15) is 0 Å². The summed E-state index contributed by atoms with van der Waals surface area (Å²) in [4.78, 5) is 22.4. The number of carboxylic acid groups (broad SMARTS) is 1. The first-order chi connectivity index (χ1) is 9.79. The van der Waals surface area contributed by atoms with E-state index < -0.39 is 16.8 Å². The number of carbonyl (C=O) groups excluding carboxylic acids is 1. The minimum absolute atomic E-state index is 0.214. The van der Waals surface area contributed by atoms with E-state index in [1.165, 1.54) is 12.1 Å². The molecule has 0 fully saturated rings. The number of benzene rings is 1. The predicted octanol–water partition coefficient (Wildman–Crippen LogP) is 1.93. The van der Waals surface area contributed by atoms with Crippen molar-refractivity contribution in [1.82, 2.24) is 5.32 Å². The fourth-order valence-corrected chi connectivity index (χ4v) is 2.70. The molecule has 2 unspecified atom stereocenters. The van der Waals surface area contributed by atoms with Gasteiger partial charge in [0, 0.05) is 45.5 Å². The van der Waals surface area contributed by atoms with Crippen LogP contribution in [0.3, 0.4) is 0 Å². The summed E-state index contributed by atoms with van der Waals surface area (Å²) >= 11 is 6.00. The summed E-state index contributed by atoms with van der Waals surface area (Å²) in [5.74, 6) is -1.02. The smallest absolute Gasteiger partial charge is 0.328 e. The summed E-state index contributed by atoms with van der Waals surface area (Å²) in [6.07, 6.45) is 3.90. The number of amides is 1. The van der Waals surface area contributed by atoms with Crippen LogP contribution in [0.25, 0.3) is 6.08 Å². The number of rotatable bonds is 6. The molecule has 7 heteroatoms. The molecule has 1 aromatic rings. The molecule has 0 saturated heterocycles. The molecule has 1 aromatic carbocycles. The lowest BCUT2D eigenvalue weighted by atomic mass is 10.1. The third kappa shape index (κ3) is 6.10. The number of carbonyl (C=O) groups is 2. The number of hydrogen-bond donors (Lipinski definition) is 2. The first-order valence-electron chi connectivity index (χ1n) is 6.11. The molecule has 21 heavy (non-hydrogen) atoms. The number of aliphatic carboxylic acids is 1. The van der Waals surface area contributed by atoms with E-state index in [9.17, 15) is 13.8 Å². The maximum Gasteiger partial charge on any atom is 0.328 e. The van der Waals surface area contributed by atoms with Gasteiger partial charge < -0.3 is 10.4 Å². The summed E-state index contributed by atoms with van der Waals surface area (Å²) in [5, 5.41) is 11.6. The number of hydrogen-bond acceptors (Lipinski definition) is 3. The molecule has 2 atom stereocenters. The van der Waals surface area contributed by atoms with E-state index in [1.807, 2.05) is 0 Å². The van der Waals surface area contributed by atoms with Crippen LogP contribution in [0, 0.1) is 0 Å². The fraction of sp³-hybridized carbons (Fsp3) is 0.286. The van der Waals surface area contributed by atoms with Gasteiger partial charge in [0.1, 0.15) is 0 Å². The quantitative estimate of drug-likeness (QED) is 0.781. The second-order valence-corrected chi connectivity index (χ2v) is 6.41. The Labute approximate surface area is 130 Å². The normalized spacial score (nSPS) is 13.9. The lowest BCUT2D eigenvalue weighted by Gasteiger charge is -2.12. The van der Waals surface area contributed by atoms with Gasteiger partial charge in [0.2, 0.25) is 0 Å². The van der Waals surface area contributed by atoms with Crippen molar-refractivity contribution in [3.63, 3.8) is 0 Å². The van der Waals surface area contributed by atoms with Crippen molar-refractivity contribution >= 4 is 40.4 Å². The Balaban J connectivity index is 2.81. The van der Waals surface area contributed by atoms with Crippen LogP contribution >= 0.6 is 11.6 Å². The van der Waals surface area contributed by atoms with E-state index in [0.717, 1.165) is 6.08 Å². The lowest BCUT2D eigenvalue weighted by Crippen LogP contribution is -2.36. The monoisotopic (exact) mass is 329 g/mol. The van der Waals surface area contributed by atoms with E-state index in [-0.39, 0.29) is 17.0 Å². The summed E-state index contributed by atoms with van der Waals surface area (Å²) in [6, 6.07) is 4.37. The molecular formula is C14H16ClNO4S. The van der Waals surface area contributed by atoms with Crippen LogP contribution in [-0.2, 0) is 15.6 Å². The zero-order valence-corrected chi connectivity index (χ0v) is 13.2. The van der Waals surface area contributed by atoms with E-state index in [1.54, 1.807) is 25.3 Å². The van der Waals surface area contributed by atoms with Crippen LogP contribution in [0.2, 0.25) is 5.02 Å². The van der Waals surface area contributed by atoms with E-state index >= 15 is 0 Å². The van der Waals surface area contributed by atoms with Crippen molar-refractivity contribution in [2.24, 2.45) is 0 Å². The van der Waals surface area contributed by atoms with Crippen LogP contribution in [0.1, 0.15) is 22.8 Å². The standard InChI is InChI=1S/C14H16ClNO4S/c1-9(8-21(2)20)16-14(19)11-4-3-10(12(15)7-11)5-6-13(17)18/h3-7,9H,8H2,1-2H3,(H,16,19)(H,17,18)/b6-5+. The molecular weight excluding hydrogens is 314 g/mol. The Morgan fingerprint density at radius 2 is 2.14 bits per heavy atom. The summed E-state index contributed by atoms with van der Waals surface area (Å²) in [6.45, 7) is 1.77. The summed E-state index contributed by atoms with van der Waals surface area (Å²) in [5.41, 5.74) is 0.875. The maximum atomic E-state index is 12.0. The molecule has 0 aliphatic heterocycles. The highest BCUT2D eigenvalue weighted by atomic mass is 35.5. The first-order valence-corrected chi connectivity index (χ1v) is 8.21. The third-order valence-corrected chi connectivity index (χ3v) is 3.83. The van der Waals surface area contributed by atoms with Crippen molar-refractivity contribution < 1.29 is 18.9 Å². The first kappa shape index (κ1) is 17.4. The Morgan fingerprint density at radius 3 is 2.67 bits per heavy atom. The third-order valence-electron chi connectivity index (χ3n) is 2.53. The average molecular weight is 330 g/mol. The molecule has 0 aliphatic rings. The van der Waals surface area contributed by atoms with Gasteiger partial charge in [0.25, 0.3) is 5.91 Å². The van der Waals surface area contributed by atoms with Gasteiger partial charge in [-0.15, -0.1) is 0 Å². The minimum atomic E-state index is -1.07. The lowest BCUT2D eigenvalue weighted by molar-refractivity contribution is -0.131. The zero-order valence-electron chi connectivity index (χ0n) is 11.6. The largest absolute Gasteiger partial charge is 0.478 e. The van der Waals surface area contributed by atoms with Crippen molar-refractivity contribution in [1.29, 1.82) is 0 Å². The Bertz CT molecular complexity index is 601. The van der Waals surface area contributed by atoms with Crippen LogP contribution < -0.4 is 5.32 Å². The van der Waals surface area contributed by atoms with E-state index in [0.29, 0.717) is 16.9 Å². The van der Waals surface area contributed by atoms with Gasteiger partial charge in [0.15, 0.2) is 0 Å². The minimum Gasteiger partial charge on any atom is -0.478 e. The highest BCUT2D eigenvalue weighted by molar-refractivity contribution is 7.84. The SMILES string of the molecule is CC(CS(C)=O)NC(=O)c1ccc(/C=C/C(=O)O)c(Cl)c1. The fourth-order valence-electron chi connectivity index (χ4n) is 1.67. The molecule has 0 bridgehead atoms. The number of carboxylic acids is 1. The van der Waals surface area contributed by atoms with Crippen molar-refractivity contribution in [3.05, 3.63) is 40.4 Å². The van der Waals surface area contributed by atoms with Gasteiger partial charge in [-0.05, 0) is 30.7 Å². The molecule has 5 nitrogen and oxygen atoms in total. The zero-order chi connectivity index (χ0) is 16.0. The molecule has 0 heterocycles. The molecule has 0 radical (unpaired) electrons. The van der Waals surface area contributed by atoms with Crippen molar-refractivity contribution in [2.75, 3.05) is 12.0 Å². The van der Waals surface area contributed by atoms with Crippen LogP contribution in [0.4, 0.5) is 0 Å². The average Bonchev–Trinajstić information content (AvgIpc) is 2.35. The Kier molecular flexibility index (Phi) is 6.58. The van der Waals surface area contributed by atoms with Gasteiger partial charge >= 0.3 is 5.97 Å². The summed E-state index contributed by atoms with van der Waals surface area (Å²) in [7, 11) is -0.989. The second kappa shape index (κ2) is 7.95. The van der Waals surface area contributed by atoms with Gasteiger partial charge in [0.05, 0.1) is 0 Å². The molecule has 0 aromatic heterocycles. The van der Waals surface area contributed by atoms with E-state index in [4.69, 9.17) is 16.7 Å². The number of halogens is 1. The highest BCUT2D eigenvalue weighted by Gasteiger charge is 2.12. The molecule has 2 N–H and O–H groups in total. The highest BCUT2D eigenvalue weighted by Crippen LogP contribution is 2.19. The van der Waals surface area contributed by atoms with Gasteiger partial charge in [-0.3, -0.25) is 9.00 Å². The van der Waals surface area contributed by atoms with Crippen LogP contribution in [0.15, 0.2) is 24.3 Å². The van der Waals surface area contributed by atoms with Gasteiger partial charge in [-0.1, -0.05) is 17.7 Å². The van der Waals surface area contributed by atoms with Gasteiger partial charge in [-0.25, -0.2) is 4.79 Å². The van der Waals surface area contributed by atoms with Crippen LogP contribution in [0.5, 0.6) is 0 Å². The number of nitrogens with one attached hydrogen (secondary N) is 1. The summed E-state index contributed by atoms with van der Waals surface area (Å²) < 4.78 is 11.1. The molecule has 1 amide bonds. The molecule has 114 valence electrons. The Morgan fingerprint density at radius 1 is 1.48 bits per heavy atom. The molecule has 0 aliphatic carbocycles.